The third-order valence-electron chi connectivity index (χ3n) is 3.73. The van der Waals surface area contributed by atoms with E-state index in [0.29, 0.717) is 16.4 Å². The second-order valence-electron chi connectivity index (χ2n) is 5.57. The van der Waals surface area contributed by atoms with Crippen molar-refractivity contribution in [2.24, 2.45) is 0 Å². The highest BCUT2D eigenvalue weighted by Gasteiger charge is 2.13. The fraction of sp³-hybridized carbons (Fsp3) is 0. The van der Waals surface area contributed by atoms with Crippen LogP contribution in [-0.2, 0) is 0 Å². The molecule has 0 radical (unpaired) electrons. The zero-order chi connectivity index (χ0) is 18.8. The number of thiazole rings is 1. The van der Waals surface area contributed by atoms with Gasteiger partial charge in [-0.1, -0.05) is 23.5 Å². The van der Waals surface area contributed by atoms with E-state index in [1.54, 1.807) is 30.3 Å². The van der Waals surface area contributed by atoms with Gasteiger partial charge in [0.05, 0.1) is 22.0 Å². The molecule has 2 aromatic heterocycles. The lowest BCUT2D eigenvalue weighted by Gasteiger charge is -2.06. The van der Waals surface area contributed by atoms with Crippen LogP contribution in [0.4, 0.5) is 10.8 Å². The Bertz CT molecular complexity index is 1140. The SMILES string of the molecule is O=C(Nc1nc2ccc(NC(=O)c3ccccc3I)cc2s1)c1ccco1. The number of halogens is 1. The van der Waals surface area contributed by atoms with Crippen LogP contribution in [0.5, 0.6) is 0 Å². The van der Waals surface area contributed by atoms with E-state index in [4.69, 9.17) is 4.42 Å². The molecule has 2 amide bonds. The van der Waals surface area contributed by atoms with Crippen LogP contribution >= 0.6 is 33.9 Å². The molecule has 4 aromatic rings. The largest absolute Gasteiger partial charge is 0.459 e. The van der Waals surface area contributed by atoms with Crippen molar-refractivity contribution in [1.82, 2.24) is 4.98 Å². The average molecular weight is 489 g/mol. The third kappa shape index (κ3) is 3.86. The molecule has 2 N–H and O–H groups in total. The molecule has 0 bridgehead atoms. The van der Waals surface area contributed by atoms with E-state index < -0.39 is 0 Å². The molecule has 0 spiro atoms. The predicted octanol–water partition coefficient (Wildman–Crippen LogP) is 5.00. The quantitative estimate of drug-likeness (QED) is 0.396. The standard InChI is InChI=1S/C19H12IN3O3S/c20-13-5-2-1-4-12(13)17(24)21-11-7-8-14-16(10-11)27-19(22-14)23-18(25)15-6-3-9-26-15/h1-10H,(H,21,24)(H,22,23,25). The molecular formula is C19H12IN3O3S. The van der Waals surface area contributed by atoms with Crippen molar-refractivity contribution in [3.63, 3.8) is 0 Å². The molecule has 0 atom stereocenters. The first-order chi connectivity index (χ1) is 13.1. The highest BCUT2D eigenvalue weighted by atomic mass is 127. The number of furan rings is 1. The van der Waals surface area contributed by atoms with Crippen LogP contribution in [0.3, 0.4) is 0 Å². The van der Waals surface area contributed by atoms with Crippen LogP contribution in [0, 0.1) is 3.57 Å². The Balaban J connectivity index is 1.53. The van der Waals surface area contributed by atoms with Crippen molar-refractivity contribution in [2.75, 3.05) is 10.6 Å². The van der Waals surface area contributed by atoms with Gasteiger partial charge in [-0.2, -0.15) is 0 Å². The molecule has 6 nitrogen and oxygen atoms in total. The van der Waals surface area contributed by atoms with Gasteiger partial charge in [0.15, 0.2) is 10.9 Å². The van der Waals surface area contributed by atoms with Gasteiger partial charge >= 0.3 is 0 Å². The minimum atomic E-state index is -0.355. The molecule has 0 fully saturated rings. The summed E-state index contributed by atoms with van der Waals surface area (Å²) in [6, 6.07) is 16.0. The summed E-state index contributed by atoms with van der Waals surface area (Å²) in [6.07, 6.45) is 1.44. The molecule has 0 saturated heterocycles. The number of carbonyl (C=O) groups is 2. The number of benzene rings is 2. The number of carbonyl (C=O) groups excluding carboxylic acids is 2. The summed E-state index contributed by atoms with van der Waals surface area (Å²) >= 11 is 3.46. The number of hydrogen-bond acceptors (Lipinski definition) is 5. The van der Waals surface area contributed by atoms with Gasteiger partial charge in [-0.05, 0) is 65.1 Å². The summed E-state index contributed by atoms with van der Waals surface area (Å²) < 4.78 is 6.81. The maximum Gasteiger partial charge on any atom is 0.293 e. The highest BCUT2D eigenvalue weighted by molar-refractivity contribution is 14.1. The Morgan fingerprint density at radius 3 is 2.63 bits per heavy atom. The van der Waals surface area contributed by atoms with Crippen molar-refractivity contribution in [2.45, 2.75) is 0 Å². The van der Waals surface area contributed by atoms with E-state index in [1.165, 1.54) is 17.6 Å². The molecule has 2 aromatic carbocycles. The van der Waals surface area contributed by atoms with Gasteiger partial charge in [0.2, 0.25) is 0 Å². The van der Waals surface area contributed by atoms with Crippen LogP contribution in [0.15, 0.2) is 65.3 Å². The van der Waals surface area contributed by atoms with Crippen LogP contribution in [0.25, 0.3) is 10.2 Å². The van der Waals surface area contributed by atoms with Crippen molar-refractivity contribution in [1.29, 1.82) is 0 Å². The number of aromatic nitrogens is 1. The monoisotopic (exact) mass is 489 g/mol. The lowest BCUT2D eigenvalue weighted by Crippen LogP contribution is -2.13. The summed E-state index contributed by atoms with van der Waals surface area (Å²) in [5.74, 6) is -0.305. The smallest absolute Gasteiger partial charge is 0.293 e. The Morgan fingerprint density at radius 2 is 1.85 bits per heavy atom. The number of hydrogen-bond donors (Lipinski definition) is 2. The van der Waals surface area contributed by atoms with Crippen LogP contribution in [0.1, 0.15) is 20.9 Å². The maximum absolute atomic E-state index is 12.5. The van der Waals surface area contributed by atoms with Crippen LogP contribution in [0.2, 0.25) is 0 Å². The Labute approximate surface area is 171 Å². The second-order valence-corrected chi connectivity index (χ2v) is 7.76. The normalized spacial score (nSPS) is 10.7. The van der Waals surface area contributed by atoms with E-state index >= 15 is 0 Å². The number of amides is 2. The zero-order valence-corrected chi connectivity index (χ0v) is 16.7. The lowest BCUT2D eigenvalue weighted by atomic mass is 10.2. The van der Waals surface area contributed by atoms with E-state index in [-0.39, 0.29) is 17.6 Å². The van der Waals surface area contributed by atoms with Crippen molar-refractivity contribution in [3.8, 4) is 0 Å². The van der Waals surface area contributed by atoms with Gasteiger partial charge in [0.1, 0.15) is 0 Å². The maximum atomic E-state index is 12.5. The van der Waals surface area contributed by atoms with E-state index in [2.05, 4.69) is 38.2 Å². The third-order valence-corrected chi connectivity index (χ3v) is 5.60. The Hall–Kier alpha value is -2.72. The van der Waals surface area contributed by atoms with Crippen LogP contribution in [-0.4, -0.2) is 16.8 Å². The number of anilines is 2. The molecule has 0 aliphatic heterocycles. The minimum Gasteiger partial charge on any atom is -0.459 e. The highest BCUT2D eigenvalue weighted by Crippen LogP contribution is 2.29. The molecule has 27 heavy (non-hydrogen) atoms. The molecule has 8 heteroatoms. The summed E-state index contributed by atoms with van der Waals surface area (Å²) in [6.45, 7) is 0. The van der Waals surface area contributed by atoms with E-state index in [9.17, 15) is 9.59 Å². The second kappa shape index (κ2) is 7.49. The first-order valence-electron chi connectivity index (χ1n) is 7.91. The van der Waals surface area contributed by atoms with Gasteiger partial charge in [-0.25, -0.2) is 4.98 Å². The first-order valence-corrected chi connectivity index (χ1v) is 9.81. The lowest BCUT2D eigenvalue weighted by molar-refractivity contribution is 0.0994. The van der Waals surface area contributed by atoms with E-state index in [0.717, 1.165) is 13.8 Å². The predicted molar refractivity (Wildman–Crippen MR) is 113 cm³/mol. The van der Waals surface area contributed by atoms with Gasteiger partial charge in [-0.15, -0.1) is 0 Å². The van der Waals surface area contributed by atoms with Crippen molar-refractivity contribution in [3.05, 3.63) is 75.8 Å². The molecule has 0 aliphatic carbocycles. The molecule has 0 unspecified atom stereocenters. The minimum absolute atomic E-state index is 0.171. The molecule has 4 rings (SSSR count). The Morgan fingerprint density at radius 1 is 1.00 bits per heavy atom. The van der Waals surface area contributed by atoms with Gasteiger partial charge in [0.25, 0.3) is 11.8 Å². The molecule has 0 saturated carbocycles. The zero-order valence-electron chi connectivity index (χ0n) is 13.7. The molecular weight excluding hydrogens is 477 g/mol. The van der Waals surface area contributed by atoms with E-state index in [1.807, 2.05) is 24.3 Å². The van der Waals surface area contributed by atoms with Crippen LogP contribution < -0.4 is 10.6 Å². The fourth-order valence-electron chi connectivity index (χ4n) is 2.47. The van der Waals surface area contributed by atoms with Gasteiger partial charge < -0.3 is 9.73 Å². The number of nitrogens with one attached hydrogen (secondary N) is 2. The Kier molecular flexibility index (Phi) is 4.90. The van der Waals surface area contributed by atoms with Gasteiger partial charge in [-0.3, -0.25) is 14.9 Å². The number of nitrogens with zero attached hydrogens (tertiary/aromatic N) is 1. The summed E-state index contributed by atoms with van der Waals surface area (Å²) in [5.41, 5.74) is 2.02. The molecule has 0 aliphatic rings. The van der Waals surface area contributed by atoms with Crippen molar-refractivity contribution < 1.29 is 14.0 Å². The summed E-state index contributed by atoms with van der Waals surface area (Å²) in [4.78, 5) is 28.9. The number of fused-ring (bicyclic) bond motifs is 1. The molecule has 134 valence electrons. The summed E-state index contributed by atoms with van der Waals surface area (Å²) in [5, 5.41) is 6.08. The van der Waals surface area contributed by atoms with Gasteiger partial charge in [0, 0.05) is 9.26 Å². The fourth-order valence-corrected chi connectivity index (χ4v) is 4.00. The molecule has 2 heterocycles. The topological polar surface area (TPSA) is 84.2 Å². The summed E-state index contributed by atoms with van der Waals surface area (Å²) in [7, 11) is 0. The first kappa shape index (κ1) is 17.7. The number of rotatable bonds is 4. The van der Waals surface area contributed by atoms with Crippen molar-refractivity contribution >= 4 is 66.8 Å². The average Bonchev–Trinajstić information content (AvgIpc) is 3.31.